The number of hydrogen-bond donors (Lipinski definition) is 2. The van der Waals surface area contributed by atoms with Crippen LogP contribution in [0, 0.1) is 5.92 Å². The van der Waals surface area contributed by atoms with E-state index < -0.39 is 0 Å². The zero-order valence-electron chi connectivity index (χ0n) is 13.7. The SMILES string of the molecule is CC(C)CCCCCCNC(=O)CNC(=O)c1ccccc1. The van der Waals surface area contributed by atoms with Crippen molar-refractivity contribution in [1.82, 2.24) is 10.6 Å². The highest BCUT2D eigenvalue weighted by atomic mass is 16.2. The van der Waals surface area contributed by atoms with E-state index in [1.807, 2.05) is 6.07 Å². The largest absolute Gasteiger partial charge is 0.355 e. The molecule has 1 aromatic carbocycles. The average Bonchev–Trinajstić information content (AvgIpc) is 2.52. The molecule has 0 heterocycles. The quantitative estimate of drug-likeness (QED) is 0.652. The molecule has 0 aliphatic rings. The Morgan fingerprint density at radius 1 is 0.955 bits per heavy atom. The minimum Gasteiger partial charge on any atom is -0.355 e. The van der Waals surface area contributed by atoms with E-state index in [9.17, 15) is 9.59 Å². The van der Waals surface area contributed by atoms with E-state index in [2.05, 4.69) is 24.5 Å². The highest BCUT2D eigenvalue weighted by Gasteiger charge is 2.06. The first-order valence-corrected chi connectivity index (χ1v) is 8.19. The van der Waals surface area contributed by atoms with Crippen LogP contribution in [-0.2, 0) is 4.79 Å². The van der Waals surface area contributed by atoms with Crippen LogP contribution in [0.3, 0.4) is 0 Å². The molecule has 0 spiro atoms. The van der Waals surface area contributed by atoms with Crippen LogP contribution in [0.1, 0.15) is 56.3 Å². The third-order valence-electron chi connectivity index (χ3n) is 3.48. The number of carbonyl (C=O) groups is 2. The second-order valence-corrected chi connectivity index (χ2v) is 6.00. The highest BCUT2D eigenvalue weighted by molar-refractivity contribution is 5.96. The van der Waals surface area contributed by atoms with E-state index in [-0.39, 0.29) is 18.4 Å². The molecule has 0 saturated carbocycles. The number of benzene rings is 1. The Labute approximate surface area is 133 Å². The van der Waals surface area contributed by atoms with Crippen molar-refractivity contribution >= 4 is 11.8 Å². The minimum atomic E-state index is -0.218. The van der Waals surface area contributed by atoms with E-state index >= 15 is 0 Å². The van der Waals surface area contributed by atoms with Gasteiger partial charge in [0.15, 0.2) is 0 Å². The lowest BCUT2D eigenvalue weighted by Gasteiger charge is -2.07. The van der Waals surface area contributed by atoms with Crippen molar-refractivity contribution < 1.29 is 9.59 Å². The van der Waals surface area contributed by atoms with E-state index in [4.69, 9.17) is 0 Å². The van der Waals surface area contributed by atoms with E-state index in [1.54, 1.807) is 24.3 Å². The van der Waals surface area contributed by atoms with Gasteiger partial charge in [-0.25, -0.2) is 0 Å². The van der Waals surface area contributed by atoms with Crippen LogP contribution in [0.4, 0.5) is 0 Å². The number of unbranched alkanes of at least 4 members (excludes halogenated alkanes) is 3. The Morgan fingerprint density at radius 2 is 1.64 bits per heavy atom. The van der Waals surface area contributed by atoms with Crippen molar-refractivity contribution in [2.24, 2.45) is 5.92 Å². The molecule has 22 heavy (non-hydrogen) atoms. The van der Waals surface area contributed by atoms with Crippen molar-refractivity contribution in [1.29, 1.82) is 0 Å². The van der Waals surface area contributed by atoms with Gasteiger partial charge in [-0.05, 0) is 24.5 Å². The molecule has 0 fully saturated rings. The summed E-state index contributed by atoms with van der Waals surface area (Å²) < 4.78 is 0. The number of hydrogen-bond acceptors (Lipinski definition) is 2. The van der Waals surface area contributed by atoms with Gasteiger partial charge in [0.2, 0.25) is 5.91 Å². The van der Waals surface area contributed by atoms with Gasteiger partial charge >= 0.3 is 0 Å². The van der Waals surface area contributed by atoms with E-state index in [0.717, 1.165) is 18.8 Å². The van der Waals surface area contributed by atoms with Crippen LogP contribution in [-0.4, -0.2) is 24.9 Å². The first kappa shape index (κ1) is 18.2. The normalized spacial score (nSPS) is 10.5. The summed E-state index contributed by atoms with van der Waals surface area (Å²) in [5.74, 6) is 0.420. The summed E-state index contributed by atoms with van der Waals surface area (Å²) in [5, 5.41) is 5.46. The third-order valence-corrected chi connectivity index (χ3v) is 3.48. The maximum absolute atomic E-state index is 11.8. The summed E-state index contributed by atoms with van der Waals surface area (Å²) in [6.45, 7) is 5.19. The second kappa shape index (κ2) is 10.8. The first-order valence-electron chi connectivity index (χ1n) is 8.19. The zero-order chi connectivity index (χ0) is 16.2. The lowest BCUT2D eigenvalue weighted by Crippen LogP contribution is -2.37. The molecule has 0 saturated heterocycles. The van der Waals surface area contributed by atoms with Gasteiger partial charge in [0.05, 0.1) is 6.54 Å². The summed E-state index contributed by atoms with van der Waals surface area (Å²) in [7, 11) is 0. The third kappa shape index (κ3) is 8.45. The second-order valence-electron chi connectivity index (χ2n) is 6.00. The number of nitrogens with one attached hydrogen (secondary N) is 2. The lowest BCUT2D eigenvalue weighted by molar-refractivity contribution is -0.120. The Morgan fingerprint density at radius 3 is 2.32 bits per heavy atom. The molecule has 0 atom stereocenters. The molecule has 0 radical (unpaired) electrons. The van der Waals surface area contributed by atoms with Crippen LogP contribution >= 0.6 is 0 Å². The fourth-order valence-electron chi connectivity index (χ4n) is 2.17. The summed E-state index contributed by atoms with van der Waals surface area (Å²) in [6, 6.07) is 8.90. The van der Waals surface area contributed by atoms with Crippen molar-refractivity contribution in [2.75, 3.05) is 13.1 Å². The van der Waals surface area contributed by atoms with Gasteiger partial charge in [-0.3, -0.25) is 9.59 Å². The van der Waals surface area contributed by atoms with Crippen LogP contribution < -0.4 is 10.6 Å². The van der Waals surface area contributed by atoms with Gasteiger partial charge in [-0.2, -0.15) is 0 Å². The highest BCUT2D eigenvalue weighted by Crippen LogP contribution is 2.08. The van der Waals surface area contributed by atoms with Gasteiger partial charge in [0.25, 0.3) is 5.91 Å². The summed E-state index contributed by atoms with van der Waals surface area (Å²) in [4.78, 5) is 23.4. The van der Waals surface area contributed by atoms with E-state index in [0.29, 0.717) is 12.1 Å². The molecule has 4 heteroatoms. The predicted octanol–water partition coefficient (Wildman–Crippen LogP) is 3.14. The van der Waals surface area contributed by atoms with Crippen molar-refractivity contribution in [2.45, 2.75) is 46.0 Å². The Balaban J connectivity index is 2.03. The maximum atomic E-state index is 11.8. The summed E-state index contributed by atoms with van der Waals surface area (Å²) in [5.41, 5.74) is 0.570. The standard InChI is InChI=1S/C18H28N2O2/c1-15(2)10-6-3-4-9-13-19-17(21)14-20-18(22)16-11-7-5-8-12-16/h5,7-8,11-12,15H,3-4,6,9-10,13-14H2,1-2H3,(H,19,21)(H,20,22). The average molecular weight is 304 g/mol. The maximum Gasteiger partial charge on any atom is 0.251 e. The molecule has 0 bridgehead atoms. The molecule has 2 N–H and O–H groups in total. The van der Waals surface area contributed by atoms with Crippen molar-refractivity contribution in [3.63, 3.8) is 0 Å². The van der Waals surface area contributed by atoms with Gasteiger partial charge in [-0.15, -0.1) is 0 Å². The molecule has 0 aromatic heterocycles. The summed E-state index contributed by atoms with van der Waals surface area (Å²) in [6.07, 6.45) is 5.90. The fraction of sp³-hybridized carbons (Fsp3) is 0.556. The van der Waals surface area contributed by atoms with E-state index in [1.165, 1.54) is 19.3 Å². The van der Waals surface area contributed by atoms with Crippen molar-refractivity contribution in [3.8, 4) is 0 Å². The predicted molar refractivity (Wildman–Crippen MR) is 89.7 cm³/mol. The minimum absolute atomic E-state index is 0.0288. The van der Waals surface area contributed by atoms with Gasteiger partial charge in [0, 0.05) is 12.1 Å². The number of rotatable bonds is 10. The van der Waals surface area contributed by atoms with Gasteiger partial charge < -0.3 is 10.6 Å². The Hall–Kier alpha value is -1.84. The smallest absolute Gasteiger partial charge is 0.251 e. The van der Waals surface area contributed by atoms with Crippen LogP contribution in [0.5, 0.6) is 0 Å². The molecule has 0 aliphatic carbocycles. The van der Waals surface area contributed by atoms with Crippen LogP contribution in [0.2, 0.25) is 0 Å². The zero-order valence-corrected chi connectivity index (χ0v) is 13.7. The molecule has 4 nitrogen and oxygen atoms in total. The molecular formula is C18H28N2O2. The first-order chi connectivity index (χ1) is 10.6. The monoisotopic (exact) mass is 304 g/mol. The topological polar surface area (TPSA) is 58.2 Å². The Bertz CT molecular complexity index is 444. The molecule has 1 rings (SSSR count). The van der Waals surface area contributed by atoms with Crippen LogP contribution in [0.25, 0.3) is 0 Å². The van der Waals surface area contributed by atoms with Crippen molar-refractivity contribution in [3.05, 3.63) is 35.9 Å². The molecule has 1 aromatic rings. The molecule has 0 unspecified atom stereocenters. The molecular weight excluding hydrogens is 276 g/mol. The molecule has 0 aliphatic heterocycles. The van der Waals surface area contributed by atoms with Gasteiger partial charge in [-0.1, -0.05) is 57.7 Å². The number of carbonyl (C=O) groups excluding carboxylic acids is 2. The Kier molecular flexibility index (Phi) is 8.96. The van der Waals surface area contributed by atoms with Crippen LogP contribution in [0.15, 0.2) is 30.3 Å². The van der Waals surface area contributed by atoms with Gasteiger partial charge in [0.1, 0.15) is 0 Å². The number of amides is 2. The fourth-order valence-corrected chi connectivity index (χ4v) is 2.17. The molecule has 122 valence electrons. The molecule has 2 amide bonds. The lowest BCUT2D eigenvalue weighted by atomic mass is 10.0. The summed E-state index contributed by atoms with van der Waals surface area (Å²) >= 11 is 0.